The zero-order chi connectivity index (χ0) is 14.7. The van der Waals surface area contributed by atoms with Crippen molar-refractivity contribution in [2.75, 3.05) is 24.3 Å². The second kappa shape index (κ2) is 6.09. The van der Waals surface area contributed by atoms with Gasteiger partial charge in [0.25, 0.3) is 5.91 Å². The van der Waals surface area contributed by atoms with E-state index in [1.54, 1.807) is 0 Å². The van der Waals surface area contributed by atoms with Gasteiger partial charge in [0, 0.05) is 29.8 Å². The molecule has 104 valence electrons. The highest BCUT2D eigenvalue weighted by atomic mass is 79.9. The van der Waals surface area contributed by atoms with Gasteiger partial charge >= 0.3 is 0 Å². The number of carbonyl (C=O) groups excluding carboxylic acids is 1. The van der Waals surface area contributed by atoms with E-state index in [0.29, 0.717) is 5.56 Å². The van der Waals surface area contributed by atoms with Gasteiger partial charge in [0.15, 0.2) is 0 Å². The van der Waals surface area contributed by atoms with Crippen LogP contribution >= 0.6 is 15.9 Å². The summed E-state index contributed by atoms with van der Waals surface area (Å²) < 4.78 is 0.915. The molecule has 3 nitrogen and oxygen atoms in total. The van der Waals surface area contributed by atoms with E-state index in [0.717, 1.165) is 21.4 Å². The molecule has 2 rings (SSSR count). The molecule has 0 heterocycles. The number of amides is 1. The molecule has 0 saturated heterocycles. The van der Waals surface area contributed by atoms with Gasteiger partial charge in [0.05, 0.1) is 5.69 Å². The lowest BCUT2D eigenvalue weighted by atomic mass is 10.1. The molecule has 0 atom stereocenters. The standard InChI is InChI=1S/C16H17BrN2O/c1-11-5-4-6-14(15(11)17)18-16(20)12-7-9-13(10-8-12)19(2)3/h4-10H,1-3H3,(H,18,20). The average Bonchev–Trinajstić information content (AvgIpc) is 2.44. The number of hydrogen-bond acceptors (Lipinski definition) is 2. The maximum Gasteiger partial charge on any atom is 0.255 e. The number of benzene rings is 2. The molecule has 0 spiro atoms. The van der Waals surface area contributed by atoms with E-state index in [-0.39, 0.29) is 5.91 Å². The minimum Gasteiger partial charge on any atom is -0.378 e. The number of rotatable bonds is 3. The second-order valence-corrected chi connectivity index (χ2v) is 5.62. The Morgan fingerprint density at radius 1 is 1.10 bits per heavy atom. The highest BCUT2D eigenvalue weighted by Crippen LogP contribution is 2.26. The summed E-state index contributed by atoms with van der Waals surface area (Å²) in [6.07, 6.45) is 0. The third-order valence-electron chi connectivity index (χ3n) is 3.09. The molecule has 4 heteroatoms. The van der Waals surface area contributed by atoms with E-state index in [4.69, 9.17) is 0 Å². The van der Waals surface area contributed by atoms with E-state index in [1.807, 2.05) is 68.4 Å². The fourth-order valence-electron chi connectivity index (χ4n) is 1.85. The Balaban J connectivity index is 2.18. The van der Waals surface area contributed by atoms with E-state index in [9.17, 15) is 4.79 Å². The SMILES string of the molecule is Cc1cccc(NC(=O)c2ccc(N(C)C)cc2)c1Br. The Morgan fingerprint density at radius 2 is 1.75 bits per heavy atom. The Bertz CT molecular complexity index is 621. The highest BCUT2D eigenvalue weighted by molar-refractivity contribution is 9.10. The molecule has 0 saturated carbocycles. The normalized spacial score (nSPS) is 10.2. The lowest BCUT2D eigenvalue weighted by molar-refractivity contribution is 0.102. The summed E-state index contributed by atoms with van der Waals surface area (Å²) in [5.74, 6) is -0.110. The van der Waals surface area contributed by atoms with Crippen LogP contribution in [0, 0.1) is 6.92 Å². The average molecular weight is 333 g/mol. The van der Waals surface area contributed by atoms with Gasteiger partial charge in [-0.2, -0.15) is 0 Å². The smallest absolute Gasteiger partial charge is 0.255 e. The zero-order valence-corrected chi connectivity index (χ0v) is 13.4. The maximum absolute atomic E-state index is 12.2. The van der Waals surface area contributed by atoms with Crippen LogP contribution in [0.15, 0.2) is 46.9 Å². The first-order chi connectivity index (χ1) is 9.49. The van der Waals surface area contributed by atoms with Gasteiger partial charge in [0.2, 0.25) is 0 Å². The van der Waals surface area contributed by atoms with Gasteiger partial charge in [-0.3, -0.25) is 4.79 Å². The highest BCUT2D eigenvalue weighted by Gasteiger charge is 2.09. The van der Waals surface area contributed by atoms with Crippen molar-refractivity contribution in [3.05, 3.63) is 58.1 Å². The fraction of sp³-hybridized carbons (Fsp3) is 0.188. The largest absolute Gasteiger partial charge is 0.378 e. The quantitative estimate of drug-likeness (QED) is 0.918. The van der Waals surface area contributed by atoms with Gasteiger partial charge in [-0.15, -0.1) is 0 Å². The summed E-state index contributed by atoms with van der Waals surface area (Å²) in [5.41, 5.74) is 3.58. The predicted molar refractivity (Wildman–Crippen MR) is 87.6 cm³/mol. The molecule has 0 bridgehead atoms. The number of nitrogens with one attached hydrogen (secondary N) is 1. The molecule has 1 amide bonds. The minimum atomic E-state index is -0.110. The number of hydrogen-bond donors (Lipinski definition) is 1. The Labute approximate surface area is 127 Å². The fourth-order valence-corrected chi connectivity index (χ4v) is 2.21. The van der Waals surface area contributed by atoms with Crippen LogP contribution in [-0.2, 0) is 0 Å². The monoisotopic (exact) mass is 332 g/mol. The lowest BCUT2D eigenvalue weighted by Gasteiger charge is -2.13. The molecule has 0 fully saturated rings. The molecule has 0 unspecified atom stereocenters. The first-order valence-electron chi connectivity index (χ1n) is 6.33. The Hall–Kier alpha value is -1.81. The van der Waals surface area contributed by atoms with Crippen molar-refractivity contribution in [2.24, 2.45) is 0 Å². The molecule has 2 aromatic carbocycles. The van der Waals surface area contributed by atoms with E-state index in [2.05, 4.69) is 21.2 Å². The van der Waals surface area contributed by atoms with Gasteiger partial charge in [0.1, 0.15) is 0 Å². The first-order valence-corrected chi connectivity index (χ1v) is 7.12. The first kappa shape index (κ1) is 14.6. The number of nitrogens with zero attached hydrogens (tertiary/aromatic N) is 1. The second-order valence-electron chi connectivity index (χ2n) is 4.83. The van der Waals surface area contributed by atoms with Crippen LogP contribution in [-0.4, -0.2) is 20.0 Å². The van der Waals surface area contributed by atoms with Gasteiger partial charge in [-0.1, -0.05) is 12.1 Å². The number of halogens is 1. The van der Waals surface area contributed by atoms with Crippen molar-refractivity contribution < 1.29 is 4.79 Å². The summed E-state index contributed by atoms with van der Waals surface area (Å²) in [7, 11) is 3.94. The van der Waals surface area contributed by atoms with Crippen molar-refractivity contribution >= 4 is 33.2 Å². The summed E-state index contributed by atoms with van der Waals surface area (Å²) in [5, 5.41) is 2.92. The maximum atomic E-state index is 12.2. The minimum absolute atomic E-state index is 0.110. The summed E-state index contributed by atoms with van der Waals surface area (Å²) in [6, 6.07) is 13.3. The van der Waals surface area contributed by atoms with Crippen molar-refractivity contribution in [3.8, 4) is 0 Å². The summed E-state index contributed by atoms with van der Waals surface area (Å²) >= 11 is 3.49. The van der Waals surface area contributed by atoms with Crippen LogP contribution in [0.25, 0.3) is 0 Å². The van der Waals surface area contributed by atoms with E-state index < -0.39 is 0 Å². The topological polar surface area (TPSA) is 32.3 Å². The molecule has 2 aromatic rings. The van der Waals surface area contributed by atoms with Crippen LogP contribution in [0.3, 0.4) is 0 Å². The van der Waals surface area contributed by atoms with Crippen LogP contribution in [0.1, 0.15) is 15.9 Å². The predicted octanol–water partition coefficient (Wildman–Crippen LogP) is 4.08. The van der Waals surface area contributed by atoms with Gasteiger partial charge < -0.3 is 10.2 Å². The number of aryl methyl sites for hydroxylation is 1. The van der Waals surface area contributed by atoms with Crippen molar-refractivity contribution in [1.29, 1.82) is 0 Å². The molecular formula is C16H17BrN2O. The third kappa shape index (κ3) is 3.20. The Morgan fingerprint density at radius 3 is 2.35 bits per heavy atom. The molecule has 0 radical (unpaired) electrons. The van der Waals surface area contributed by atoms with Crippen molar-refractivity contribution in [2.45, 2.75) is 6.92 Å². The van der Waals surface area contributed by atoms with Crippen LogP contribution in [0.5, 0.6) is 0 Å². The molecule has 20 heavy (non-hydrogen) atoms. The van der Waals surface area contributed by atoms with Crippen molar-refractivity contribution in [3.63, 3.8) is 0 Å². The Kier molecular flexibility index (Phi) is 4.45. The third-order valence-corrected chi connectivity index (χ3v) is 4.14. The zero-order valence-electron chi connectivity index (χ0n) is 11.8. The summed E-state index contributed by atoms with van der Waals surface area (Å²) in [4.78, 5) is 14.2. The number of anilines is 2. The van der Waals surface area contributed by atoms with Crippen LogP contribution in [0.2, 0.25) is 0 Å². The van der Waals surface area contributed by atoms with Crippen molar-refractivity contribution in [1.82, 2.24) is 0 Å². The summed E-state index contributed by atoms with van der Waals surface area (Å²) in [6.45, 7) is 1.99. The number of carbonyl (C=O) groups is 1. The molecule has 0 aliphatic rings. The molecule has 1 N–H and O–H groups in total. The molecule has 0 aliphatic carbocycles. The van der Waals surface area contributed by atoms with Gasteiger partial charge in [-0.25, -0.2) is 0 Å². The van der Waals surface area contributed by atoms with E-state index >= 15 is 0 Å². The van der Waals surface area contributed by atoms with Crippen LogP contribution in [0.4, 0.5) is 11.4 Å². The molecule has 0 aromatic heterocycles. The van der Waals surface area contributed by atoms with Crippen LogP contribution < -0.4 is 10.2 Å². The molecular weight excluding hydrogens is 316 g/mol. The molecule has 0 aliphatic heterocycles. The van der Waals surface area contributed by atoms with Gasteiger partial charge in [-0.05, 0) is 58.7 Å². The van der Waals surface area contributed by atoms with E-state index in [1.165, 1.54) is 0 Å². The lowest BCUT2D eigenvalue weighted by Crippen LogP contribution is -2.13.